The minimum Gasteiger partial charge on any atom is -0.456 e. The fourth-order valence-corrected chi connectivity index (χ4v) is 2.27. The van der Waals surface area contributed by atoms with Gasteiger partial charge in [-0.25, -0.2) is 0 Å². The Morgan fingerprint density at radius 3 is 1.92 bits per heavy atom. The van der Waals surface area contributed by atoms with E-state index < -0.39 is 31.6 Å². The monoisotopic (exact) mass is 331 g/mol. The van der Waals surface area contributed by atoms with Crippen molar-refractivity contribution in [3.05, 3.63) is 70.9 Å². The van der Waals surface area contributed by atoms with Crippen molar-refractivity contribution in [2.45, 2.75) is 0 Å². The van der Waals surface area contributed by atoms with Gasteiger partial charge in [0.25, 0.3) is 5.69 Å². The van der Waals surface area contributed by atoms with Crippen LogP contribution in [-0.4, -0.2) is 14.8 Å². The maximum Gasteiger partial charge on any atom is 0.349 e. The summed E-state index contributed by atoms with van der Waals surface area (Å²) in [6.07, 6.45) is 0. The minimum absolute atomic E-state index is 0.0266. The summed E-state index contributed by atoms with van der Waals surface area (Å²) >= 11 is 0. The maximum absolute atomic E-state index is 12.4. The Balaban J connectivity index is 2.46. The van der Waals surface area contributed by atoms with Gasteiger partial charge in [0.15, 0.2) is 0 Å². The first-order valence-corrected chi connectivity index (χ1v) is 6.27. The van der Waals surface area contributed by atoms with Gasteiger partial charge in [-0.1, -0.05) is 0 Å². The van der Waals surface area contributed by atoms with E-state index in [1.165, 1.54) is 6.07 Å². The largest absolute Gasteiger partial charge is 0.456 e. The maximum atomic E-state index is 12.4. The molecular formula is C13H5N3O8. The number of rotatable bonds is 3. The predicted octanol–water partition coefficient (Wildman–Crippen LogP) is 2.67. The van der Waals surface area contributed by atoms with Gasteiger partial charge in [0, 0.05) is 18.2 Å². The molecule has 24 heavy (non-hydrogen) atoms. The molecule has 0 saturated carbocycles. The Kier molecular flexibility index (Phi) is 3.18. The SMILES string of the molecule is O=c1c2cc([N+](=O)[O-])ccc2oc2cc([N+](=O)[O-])c([N+](=O)[O-])cc12. The Bertz CT molecular complexity index is 1120. The van der Waals surface area contributed by atoms with Crippen molar-refractivity contribution in [1.29, 1.82) is 0 Å². The molecule has 11 heteroatoms. The molecule has 0 unspecified atom stereocenters. The first-order valence-electron chi connectivity index (χ1n) is 6.27. The average Bonchev–Trinajstić information content (AvgIpc) is 2.53. The topological polar surface area (TPSA) is 160 Å². The fourth-order valence-electron chi connectivity index (χ4n) is 2.27. The second-order valence-corrected chi connectivity index (χ2v) is 4.72. The third-order valence-electron chi connectivity index (χ3n) is 3.35. The van der Waals surface area contributed by atoms with Crippen LogP contribution < -0.4 is 5.43 Å². The van der Waals surface area contributed by atoms with Crippen LogP contribution in [0, 0.1) is 30.3 Å². The summed E-state index contributed by atoms with van der Waals surface area (Å²) < 4.78 is 5.34. The highest BCUT2D eigenvalue weighted by Gasteiger charge is 2.27. The number of fused-ring (bicyclic) bond motifs is 2. The molecule has 11 nitrogen and oxygen atoms in total. The summed E-state index contributed by atoms with van der Waals surface area (Å²) in [6.45, 7) is 0. The van der Waals surface area contributed by atoms with Crippen molar-refractivity contribution in [3.8, 4) is 0 Å². The van der Waals surface area contributed by atoms with Gasteiger partial charge in [-0.15, -0.1) is 0 Å². The first-order chi connectivity index (χ1) is 11.3. The molecule has 0 aliphatic rings. The number of nitrogens with zero attached hydrogens (tertiary/aromatic N) is 3. The molecule has 0 fully saturated rings. The van der Waals surface area contributed by atoms with Gasteiger partial charge < -0.3 is 4.42 Å². The summed E-state index contributed by atoms with van der Waals surface area (Å²) in [4.78, 5) is 42.5. The number of nitro groups is 3. The van der Waals surface area contributed by atoms with Crippen LogP contribution in [0.5, 0.6) is 0 Å². The van der Waals surface area contributed by atoms with Crippen molar-refractivity contribution < 1.29 is 19.2 Å². The quantitative estimate of drug-likeness (QED) is 0.402. The lowest BCUT2D eigenvalue weighted by atomic mass is 10.1. The molecule has 0 aliphatic heterocycles. The predicted molar refractivity (Wildman–Crippen MR) is 80.0 cm³/mol. The number of benzene rings is 2. The summed E-state index contributed by atoms with van der Waals surface area (Å²) in [5, 5.41) is 32.3. The highest BCUT2D eigenvalue weighted by molar-refractivity contribution is 5.93. The van der Waals surface area contributed by atoms with E-state index in [2.05, 4.69) is 0 Å². The molecule has 1 aromatic heterocycles. The van der Waals surface area contributed by atoms with Crippen LogP contribution in [-0.2, 0) is 0 Å². The minimum atomic E-state index is -0.991. The molecule has 1 heterocycles. The van der Waals surface area contributed by atoms with E-state index in [0.717, 1.165) is 24.3 Å². The molecule has 2 aromatic carbocycles. The van der Waals surface area contributed by atoms with Gasteiger partial charge in [-0.2, -0.15) is 0 Å². The second-order valence-electron chi connectivity index (χ2n) is 4.72. The normalized spacial score (nSPS) is 10.8. The molecule has 0 amide bonds. The van der Waals surface area contributed by atoms with Gasteiger partial charge in [-0.3, -0.25) is 35.1 Å². The Hall–Kier alpha value is -3.89. The van der Waals surface area contributed by atoms with E-state index in [1.807, 2.05) is 0 Å². The molecule has 0 saturated heterocycles. The van der Waals surface area contributed by atoms with Crippen molar-refractivity contribution in [2.24, 2.45) is 0 Å². The molecule has 0 N–H and O–H groups in total. The van der Waals surface area contributed by atoms with Crippen LogP contribution >= 0.6 is 0 Å². The first kappa shape index (κ1) is 15.0. The van der Waals surface area contributed by atoms with Crippen molar-refractivity contribution in [2.75, 3.05) is 0 Å². The smallest absolute Gasteiger partial charge is 0.349 e. The van der Waals surface area contributed by atoms with E-state index >= 15 is 0 Å². The fraction of sp³-hybridized carbons (Fsp3) is 0. The van der Waals surface area contributed by atoms with E-state index in [1.54, 1.807) is 0 Å². The van der Waals surface area contributed by atoms with Crippen LogP contribution in [0.15, 0.2) is 39.5 Å². The number of hydrogen-bond acceptors (Lipinski definition) is 8. The molecule has 3 aromatic rings. The zero-order valence-corrected chi connectivity index (χ0v) is 11.5. The molecule has 0 aliphatic carbocycles. The number of non-ortho nitro benzene ring substituents is 1. The lowest BCUT2D eigenvalue weighted by molar-refractivity contribution is -0.422. The third kappa shape index (κ3) is 2.20. The lowest BCUT2D eigenvalue weighted by Gasteiger charge is -2.02. The number of hydrogen-bond donors (Lipinski definition) is 0. The molecule has 0 atom stereocenters. The number of nitro benzene ring substituents is 3. The highest BCUT2D eigenvalue weighted by Crippen LogP contribution is 2.32. The van der Waals surface area contributed by atoms with Gasteiger partial charge in [0.05, 0.1) is 31.6 Å². The molecule has 120 valence electrons. The van der Waals surface area contributed by atoms with E-state index in [-0.39, 0.29) is 27.6 Å². The lowest BCUT2D eigenvalue weighted by Crippen LogP contribution is -2.05. The molecule has 0 spiro atoms. The Labute approximate surface area is 130 Å². The van der Waals surface area contributed by atoms with Gasteiger partial charge in [0.1, 0.15) is 11.2 Å². The zero-order chi connectivity index (χ0) is 17.6. The Morgan fingerprint density at radius 2 is 1.33 bits per heavy atom. The van der Waals surface area contributed by atoms with Crippen LogP contribution in [0.3, 0.4) is 0 Å². The summed E-state index contributed by atoms with van der Waals surface area (Å²) in [5.41, 5.74) is -3.06. The second kappa shape index (κ2) is 5.08. The van der Waals surface area contributed by atoms with Crippen LogP contribution in [0.4, 0.5) is 17.1 Å². The van der Waals surface area contributed by atoms with Gasteiger partial charge in [0.2, 0.25) is 5.43 Å². The van der Waals surface area contributed by atoms with Crippen molar-refractivity contribution in [1.82, 2.24) is 0 Å². The van der Waals surface area contributed by atoms with Crippen LogP contribution in [0.2, 0.25) is 0 Å². The molecule has 0 bridgehead atoms. The van der Waals surface area contributed by atoms with E-state index in [0.29, 0.717) is 0 Å². The van der Waals surface area contributed by atoms with Crippen molar-refractivity contribution in [3.63, 3.8) is 0 Å². The van der Waals surface area contributed by atoms with E-state index in [4.69, 9.17) is 4.42 Å². The summed E-state index contributed by atoms with van der Waals surface area (Å²) in [6, 6.07) is 4.79. The zero-order valence-electron chi connectivity index (χ0n) is 11.5. The van der Waals surface area contributed by atoms with Crippen LogP contribution in [0.25, 0.3) is 21.9 Å². The Morgan fingerprint density at radius 1 is 0.750 bits per heavy atom. The molecule has 0 radical (unpaired) electrons. The average molecular weight is 331 g/mol. The third-order valence-corrected chi connectivity index (χ3v) is 3.35. The summed E-state index contributed by atoms with van der Waals surface area (Å²) in [7, 11) is 0. The van der Waals surface area contributed by atoms with Gasteiger partial charge in [-0.05, 0) is 6.07 Å². The highest BCUT2D eigenvalue weighted by atomic mass is 16.6. The molecule has 3 rings (SSSR count). The van der Waals surface area contributed by atoms with Gasteiger partial charge >= 0.3 is 11.4 Å². The summed E-state index contributed by atoms with van der Waals surface area (Å²) in [5.74, 6) is 0. The van der Waals surface area contributed by atoms with Crippen molar-refractivity contribution >= 4 is 39.0 Å². The van der Waals surface area contributed by atoms with E-state index in [9.17, 15) is 35.1 Å². The van der Waals surface area contributed by atoms with Crippen LogP contribution in [0.1, 0.15) is 0 Å². The molecular weight excluding hydrogens is 326 g/mol. The standard InChI is InChI=1S/C13H5N3O8/c17-13-7-3-6(14(18)19)1-2-11(7)24-12-5-10(16(22)23)9(15(20)21)4-8(12)13/h1-5H.